The molecular weight excluding hydrogens is 374 g/mol. The van der Waals surface area contributed by atoms with Gasteiger partial charge in [-0.05, 0) is 42.5 Å². The van der Waals surface area contributed by atoms with Crippen molar-refractivity contribution in [2.24, 2.45) is 0 Å². The Morgan fingerprint density at radius 2 is 1.79 bits per heavy atom. The Morgan fingerprint density at radius 1 is 1.04 bits per heavy atom. The average Bonchev–Trinajstić information content (AvgIpc) is 3.24. The Bertz CT molecular complexity index is 1020. The average molecular weight is 393 g/mol. The Kier molecular flexibility index (Phi) is 6.14. The second-order valence-corrected chi connectivity index (χ2v) is 6.51. The summed E-state index contributed by atoms with van der Waals surface area (Å²) in [7, 11) is 4.81. The maximum Gasteiger partial charge on any atom is 0.161 e. The Labute approximate surface area is 167 Å². The first-order chi connectivity index (χ1) is 13.7. The van der Waals surface area contributed by atoms with Crippen LogP contribution in [0.1, 0.15) is 5.01 Å². The number of hydrogen-bond acceptors (Lipinski definition) is 7. The van der Waals surface area contributed by atoms with E-state index < -0.39 is 0 Å². The molecule has 0 aliphatic carbocycles. The molecule has 1 N–H and O–H groups in total. The molecule has 142 valence electrons. The van der Waals surface area contributed by atoms with Crippen LogP contribution in [0.2, 0.25) is 0 Å². The van der Waals surface area contributed by atoms with Gasteiger partial charge in [0.15, 0.2) is 11.5 Å². The number of anilines is 1. The lowest BCUT2D eigenvalue weighted by Crippen LogP contribution is -1.92. The van der Waals surface area contributed by atoms with Crippen molar-refractivity contribution >= 4 is 22.6 Å². The number of methoxy groups -OCH3 is 3. The molecule has 3 rings (SSSR count). The fourth-order valence-corrected chi connectivity index (χ4v) is 3.30. The summed E-state index contributed by atoms with van der Waals surface area (Å²) in [5.41, 5.74) is 2.96. The van der Waals surface area contributed by atoms with Crippen LogP contribution in [0, 0.1) is 11.3 Å². The van der Waals surface area contributed by atoms with Crippen molar-refractivity contribution in [3.63, 3.8) is 0 Å². The molecule has 0 unspecified atom stereocenters. The molecule has 0 amide bonds. The lowest BCUT2D eigenvalue weighted by molar-refractivity contribution is 0.355. The van der Waals surface area contributed by atoms with Crippen molar-refractivity contribution < 1.29 is 14.2 Å². The molecule has 0 radical (unpaired) electrons. The van der Waals surface area contributed by atoms with Gasteiger partial charge in [0.1, 0.15) is 22.4 Å². The molecule has 0 bridgehead atoms. The summed E-state index contributed by atoms with van der Waals surface area (Å²) in [5.74, 6) is 2.06. The number of thiazole rings is 1. The van der Waals surface area contributed by atoms with Crippen molar-refractivity contribution in [2.75, 3.05) is 26.6 Å². The van der Waals surface area contributed by atoms with Crippen LogP contribution in [0.5, 0.6) is 17.2 Å². The van der Waals surface area contributed by atoms with Crippen LogP contribution >= 0.6 is 11.3 Å². The smallest absolute Gasteiger partial charge is 0.161 e. The fourth-order valence-electron chi connectivity index (χ4n) is 2.51. The molecule has 3 aromatic rings. The number of hydrogen-bond donors (Lipinski definition) is 1. The molecule has 0 fully saturated rings. The van der Waals surface area contributed by atoms with Gasteiger partial charge in [-0.15, -0.1) is 11.3 Å². The van der Waals surface area contributed by atoms with Gasteiger partial charge >= 0.3 is 0 Å². The van der Waals surface area contributed by atoms with E-state index in [0.29, 0.717) is 22.1 Å². The summed E-state index contributed by atoms with van der Waals surface area (Å²) in [5, 5.41) is 15.2. The van der Waals surface area contributed by atoms with E-state index in [0.717, 1.165) is 22.7 Å². The lowest BCUT2D eigenvalue weighted by atomic mass is 10.1. The third-order valence-electron chi connectivity index (χ3n) is 4.01. The Hall–Kier alpha value is -3.50. The largest absolute Gasteiger partial charge is 0.497 e. The van der Waals surface area contributed by atoms with Gasteiger partial charge in [-0.2, -0.15) is 5.26 Å². The first-order valence-corrected chi connectivity index (χ1v) is 9.25. The molecular formula is C21H19N3O3S. The molecule has 0 spiro atoms. The lowest BCUT2D eigenvalue weighted by Gasteiger charge is -2.08. The second kappa shape index (κ2) is 8.93. The number of nitriles is 1. The summed E-state index contributed by atoms with van der Waals surface area (Å²) >= 11 is 1.41. The zero-order valence-corrected chi connectivity index (χ0v) is 16.5. The molecule has 6 nitrogen and oxygen atoms in total. The number of rotatable bonds is 7. The third kappa shape index (κ3) is 4.24. The highest BCUT2D eigenvalue weighted by molar-refractivity contribution is 7.11. The summed E-state index contributed by atoms with van der Waals surface area (Å²) in [4.78, 5) is 4.59. The van der Waals surface area contributed by atoms with Crippen molar-refractivity contribution in [1.29, 1.82) is 5.26 Å². The molecule has 7 heteroatoms. The minimum absolute atomic E-state index is 0.451. The molecule has 0 atom stereocenters. The van der Waals surface area contributed by atoms with Crippen molar-refractivity contribution in [2.45, 2.75) is 0 Å². The quantitative estimate of drug-likeness (QED) is 0.581. The van der Waals surface area contributed by atoms with Crippen molar-refractivity contribution in [3.8, 4) is 34.6 Å². The standard InChI is InChI=1S/C21H19N3O3S/c1-25-17-7-5-16(6-8-17)23-12-15(11-22)21-24-18(13-28-21)14-4-9-19(26-2)20(10-14)27-3/h4-10,12-13,23H,1-3H3/b15-12+. The van der Waals surface area contributed by atoms with E-state index in [1.807, 2.05) is 47.8 Å². The summed E-state index contributed by atoms with van der Waals surface area (Å²) < 4.78 is 15.8. The van der Waals surface area contributed by atoms with Crippen LogP contribution in [-0.4, -0.2) is 26.3 Å². The van der Waals surface area contributed by atoms with Crippen LogP contribution < -0.4 is 19.5 Å². The fraction of sp³-hybridized carbons (Fsp3) is 0.143. The van der Waals surface area contributed by atoms with Gasteiger partial charge in [0.05, 0.1) is 27.0 Å². The van der Waals surface area contributed by atoms with Crippen LogP contribution in [0.25, 0.3) is 16.8 Å². The van der Waals surface area contributed by atoms with Gasteiger partial charge in [-0.3, -0.25) is 0 Å². The summed E-state index contributed by atoms with van der Waals surface area (Å²) in [6.07, 6.45) is 1.65. The first-order valence-electron chi connectivity index (χ1n) is 8.37. The minimum Gasteiger partial charge on any atom is -0.497 e. The van der Waals surface area contributed by atoms with E-state index in [4.69, 9.17) is 14.2 Å². The van der Waals surface area contributed by atoms with Crippen molar-refractivity contribution in [1.82, 2.24) is 4.98 Å². The van der Waals surface area contributed by atoms with Crippen LogP contribution in [0.3, 0.4) is 0 Å². The Morgan fingerprint density at radius 3 is 2.43 bits per heavy atom. The van der Waals surface area contributed by atoms with Crippen molar-refractivity contribution in [3.05, 3.63) is 59.1 Å². The van der Waals surface area contributed by atoms with E-state index in [1.165, 1.54) is 11.3 Å². The monoisotopic (exact) mass is 393 g/mol. The molecule has 28 heavy (non-hydrogen) atoms. The summed E-state index contributed by atoms with van der Waals surface area (Å²) in [6.45, 7) is 0. The van der Waals surface area contributed by atoms with E-state index in [2.05, 4.69) is 16.4 Å². The maximum absolute atomic E-state index is 9.52. The SMILES string of the molecule is COc1ccc(N/C=C(\C#N)c2nc(-c3ccc(OC)c(OC)c3)cs2)cc1. The van der Waals surface area contributed by atoms with E-state index in [1.54, 1.807) is 27.5 Å². The molecule has 0 aliphatic heterocycles. The van der Waals surface area contributed by atoms with Gasteiger partial charge in [0, 0.05) is 22.8 Å². The van der Waals surface area contributed by atoms with Crippen LogP contribution in [0.15, 0.2) is 54.0 Å². The number of ether oxygens (including phenoxy) is 3. The molecule has 2 aromatic carbocycles. The van der Waals surface area contributed by atoms with Crippen LogP contribution in [0.4, 0.5) is 5.69 Å². The predicted molar refractivity (Wildman–Crippen MR) is 111 cm³/mol. The number of aromatic nitrogens is 1. The number of nitrogens with one attached hydrogen (secondary N) is 1. The van der Waals surface area contributed by atoms with E-state index >= 15 is 0 Å². The zero-order chi connectivity index (χ0) is 19.9. The number of allylic oxidation sites excluding steroid dienone is 1. The molecule has 0 saturated carbocycles. The summed E-state index contributed by atoms with van der Waals surface area (Å²) in [6, 6.07) is 15.2. The van der Waals surface area contributed by atoms with Gasteiger partial charge in [0.2, 0.25) is 0 Å². The van der Waals surface area contributed by atoms with Gasteiger partial charge in [-0.25, -0.2) is 4.98 Å². The first kappa shape index (κ1) is 19.3. The number of benzene rings is 2. The number of nitrogens with zero attached hydrogens (tertiary/aromatic N) is 2. The maximum atomic E-state index is 9.52. The normalized spacial score (nSPS) is 10.9. The highest BCUT2D eigenvalue weighted by atomic mass is 32.1. The molecule has 1 heterocycles. The zero-order valence-electron chi connectivity index (χ0n) is 15.7. The van der Waals surface area contributed by atoms with E-state index in [-0.39, 0.29) is 0 Å². The third-order valence-corrected chi connectivity index (χ3v) is 4.88. The molecule has 1 aromatic heterocycles. The highest BCUT2D eigenvalue weighted by Gasteiger charge is 2.11. The topological polar surface area (TPSA) is 76.4 Å². The second-order valence-electron chi connectivity index (χ2n) is 5.65. The van der Waals surface area contributed by atoms with E-state index in [9.17, 15) is 5.26 Å². The van der Waals surface area contributed by atoms with Gasteiger partial charge in [-0.1, -0.05) is 0 Å². The van der Waals surface area contributed by atoms with Crippen LogP contribution in [-0.2, 0) is 0 Å². The highest BCUT2D eigenvalue weighted by Crippen LogP contribution is 2.33. The molecule has 0 saturated heterocycles. The van der Waals surface area contributed by atoms with Gasteiger partial charge < -0.3 is 19.5 Å². The predicted octanol–water partition coefficient (Wildman–Crippen LogP) is 4.81. The minimum atomic E-state index is 0.451. The van der Waals surface area contributed by atoms with Gasteiger partial charge in [0.25, 0.3) is 0 Å². The molecule has 0 aliphatic rings. The Balaban J connectivity index is 1.81.